The minimum atomic E-state index is -0.839. The van der Waals surface area contributed by atoms with Gasteiger partial charge >= 0.3 is 5.97 Å². The lowest BCUT2D eigenvalue weighted by molar-refractivity contribution is -0.141. The van der Waals surface area contributed by atoms with Crippen LogP contribution in [0.5, 0.6) is 5.75 Å². The number of carbonyl (C=O) groups is 2. The number of rotatable bonds is 4. The first kappa shape index (κ1) is 16.1. The number of hydrogen-bond donors (Lipinski definition) is 2. The van der Waals surface area contributed by atoms with Crippen LogP contribution >= 0.6 is 27.5 Å². The molecule has 1 aliphatic carbocycles. The van der Waals surface area contributed by atoms with Crippen molar-refractivity contribution in [2.24, 2.45) is 11.8 Å². The number of carboxylic acid groups (broad SMARTS) is 1. The van der Waals surface area contributed by atoms with Crippen LogP contribution in [0, 0.1) is 11.8 Å². The molecule has 0 bridgehead atoms. The van der Waals surface area contributed by atoms with Crippen LogP contribution in [0.2, 0.25) is 5.02 Å². The van der Waals surface area contributed by atoms with Crippen molar-refractivity contribution in [2.75, 3.05) is 12.4 Å². The van der Waals surface area contributed by atoms with E-state index in [1.807, 2.05) is 0 Å². The number of carboxylic acids is 1. The molecule has 1 saturated carbocycles. The first-order valence-electron chi connectivity index (χ1n) is 6.49. The second kappa shape index (κ2) is 6.66. The second-order valence-corrected chi connectivity index (χ2v) is 6.29. The molecule has 1 aromatic rings. The minimum absolute atomic E-state index is 0.203. The number of anilines is 1. The number of halogens is 2. The van der Waals surface area contributed by atoms with E-state index in [0.717, 1.165) is 0 Å². The fourth-order valence-electron chi connectivity index (χ4n) is 2.54. The summed E-state index contributed by atoms with van der Waals surface area (Å²) in [4.78, 5) is 23.2. The third-order valence-electron chi connectivity index (χ3n) is 3.62. The molecule has 0 aliphatic heterocycles. The summed E-state index contributed by atoms with van der Waals surface area (Å²) >= 11 is 9.29. The van der Waals surface area contributed by atoms with Crippen LogP contribution in [0.3, 0.4) is 0 Å². The predicted molar refractivity (Wildman–Crippen MR) is 82.8 cm³/mol. The summed E-state index contributed by atoms with van der Waals surface area (Å²) in [5, 5.41) is 12.2. The van der Waals surface area contributed by atoms with Crippen LogP contribution in [0.25, 0.3) is 0 Å². The number of aliphatic carboxylic acids is 1. The largest absolute Gasteiger partial charge is 0.493 e. The van der Waals surface area contributed by atoms with Gasteiger partial charge in [-0.15, -0.1) is 0 Å². The molecule has 0 radical (unpaired) electrons. The summed E-state index contributed by atoms with van der Waals surface area (Å²) in [5.74, 6) is -1.29. The molecule has 0 spiro atoms. The Morgan fingerprint density at radius 1 is 1.38 bits per heavy atom. The van der Waals surface area contributed by atoms with E-state index < -0.39 is 11.9 Å². The van der Waals surface area contributed by atoms with Gasteiger partial charge in [0.2, 0.25) is 5.91 Å². The molecule has 0 heterocycles. The van der Waals surface area contributed by atoms with Gasteiger partial charge in [0.15, 0.2) is 5.75 Å². The van der Waals surface area contributed by atoms with Gasteiger partial charge in [0.25, 0.3) is 0 Å². The fraction of sp³-hybridized carbons (Fsp3) is 0.429. The normalized spacial score (nSPS) is 21.1. The predicted octanol–water partition coefficient (Wildman–Crippen LogP) is 3.55. The Bertz CT molecular complexity index is 578. The average molecular weight is 377 g/mol. The molecule has 1 amide bonds. The van der Waals surface area contributed by atoms with Gasteiger partial charge < -0.3 is 15.2 Å². The SMILES string of the molecule is COc1c(Br)cc(Cl)cc1NC(=O)C1CCC(C(=O)O)C1. The van der Waals surface area contributed by atoms with E-state index in [4.69, 9.17) is 21.4 Å². The van der Waals surface area contributed by atoms with Gasteiger partial charge in [0.1, 0.15) is 0 Å². The third kappa shape index (κ3) is 3.68. The summed E-state index contributed by atoms with van der Waals surface area (Å²) in [7, 11) is 1.50. The lowest BCUT2D eigenvalue weighted by Crippen LogP contribution is -2.22. The molecule has 2 unspecified atom stereocenters. The number of methoxy groups -OCH3 is 1. The highest BCUT2D eigenvalue weighted by Crippen LogP contribution is 2.38. The highest BCUT2D eigenvalue weighted by Gasteiger charge is 2.34. The van der Waals surface area contributed by atoms with Gasteiger partial charge in [-0.2, -0.15) is 0 Å². The van der Waals surface area contributed by atoms with Crippen LogP contribution in [-0.4, -0.2) is 24.1 Å². The third-order valence-corrected chi connectivity index (χ3v) is 4.43. The molecule has 1 aromatic carbocycles. The minimum Gasteiger partial charge on any atom is -0.493 e. The monoisotopic (exact) mass is 375 g/mol. The zero-order chi connectivity index (χ0) is 15.6. The number of hydrogen-bond acceptors (Lipinski definition) is 3. The first-order valence-corrected chi connectivity index (χ1v) is 7.66. The molecule has 114 valence electrons. The zero-order valence-electron chi connectivity index (χ0n) is 11.4. The molecule has 0 saturated heterocycles. The molecule has 2 rings (SSSR count). The lowest BCUT2D eigenvalue weighted by atomic mass is 10.0. The maximum atomic E-state index is 12.3. The molecule has 21 heavy (non-hydrogen) atoms. The Morgan fingerprint density at radius 2 is 2.05 bits per heavy atom. The Hall–Kier alpha value is -1.27. The van der Waals surface area contributed by atoms with E-state index in [0.29, 0.717) is 40.2 Å². The Morgan fingerprint density at radius 3 is 2.62 bits per heavy atom. The average Bonchev–Trinajstić information content (AvgIpc) is 2.88. The summed E-state index contributed by atoms with van der Waals surface area (Å²) in [6, 6.07) is 3.28. The molecule has 7 heteroatoms. The second-order valence-electron chi connectivity index (χ2n) is 5.00. The maximum absolute atomic E-state index is 12.3. The van der Waals surface area contributed by atoms with E-state index in [9.17, 15) is 9.59 Å². The number of amides is 1. The van der Waals surface area contributed by atoms with Gasteiger partial charge in [0.05, 0.1) is 23.2 Å². The van der Waals surface area contributed by atoms with Crippen LogP contribution in [0.1, 0.15) is 19.3 Å². The Labute approximate surface area is 135 Å². The number of carbonyl (C=O) groups excluding carboxylic acids is 1. The highest BCUT2D eigenvalue weighted by atomic mass is 79.9. The Kier molecular flexibility index (Phi) is 5.11. The number of ether oxygens (including phenoxy) is 1. The molecule has 0 aromatic heterocycles. The van der Waals surface area contributed by atoms with Crippen molar-refractivity contribution < 1.29 is 19.4 Å². The van der Waals surface area contributed by atoms with E-state index in [1.165, 1.54) is 7.11 Å². The topological polar surface area (TPSA) is 75.6 Å². The van der Waals surface area contributed by atoms with Gasteiger partial charge in [-0.05, 0) is 47.3 Å². The summed E-state index contributed by atoms with van der Waals surface area (Å²) in [6.45, 7) is 0. The van der Waals surface area contributed by atoms with Crippen LogP contribution in [0.4, 0.5) is 5.69 Å². The quantitative estimate of drug-likeness (QED) is 0.842. The van der Waals surface area contributed by atoms with E-state index >= 15 is 0 Å². The van der Waals surface area contributed by atoms with Gasteiger partial charge in [-0.1, -0.05) is 11.6 Å². The van der Waals surface area contributed by atoms with Gasteiger partial charge in [0, 0.05) is 10.9 Å². The molecule has 1 fully saturated rings. The van der Waals surface area contributed by atoms with Crippen molar-refractivity contribution in [2.45, 2.75) is 19.3 Å². The van der Waals surface area contributed by atoms with E-state index in [2.05, 4.69) is 21.2 Å². The van der Waals surface area contributed by atoms with Crippen molar-refractivity contribution in [1.82, 2.24) is 0 Å². The van der Waals surface area contributed by atoms with Crippen molar-refractivity contribution in [3.8, 4) is 5.75 Å². The summed E-state index contributed by atoms with van der Waals surface area (Å²) < 4.78 is 5.88. The van der Waals surface area contributed by atoms with E-state index in [1.54, 1.807) is 12.1 Å². The first-order chi connectivity index (χ1) is 9.92. The van der Waals surface area contributed by atoms with Crippen molar-refractivity contribution >= 4 is 45.1 Å². The van der Waals surface area contributed by atoms with Crippen molar-refractivity contribution in [1.29, 1.82) is 0 Å². The maximum Gasteiger partial charge on any atom is 0.306 e. The molecule has 2 atom stereocenters. The highest BCUT2D eigenvalue weighted by molar-refractivity contribution is 9.10. The van der Waals surface area contributed by atoms with E-state index in [-0.39, 0.29) is 11.8 Å². The number of nitrogens with one attached hydrogen (secondary N) is 1. The molecule has 2 N–H and O–H groups in total. The fourth-order valence-corrected chi connectivity index (χ4v) is 3.51. The molecule has 1 aliphatic rings. The summed E-state index contributed by atoms with van der Waals surface area (Å²) in [5.41, 5.74) is 0.473. The van der Waals surface area contributed by atoms with Crippen molar-refractivity contribution in [3.05, 3.63) is 21.6 Å². The smallest absolute Gasteiger partial charge is 0.306 e. The van der Waals surface area contributed by atoms with Crippen LogP contribution < -0.4 is 10.1 Å². The lowest BCUT2D eigenvalue weighted by Gasteiger charge is -2.15. The van der Waals surface area contributed by atoms with Gasteiger partial charge in [-0.25, -0.2) is 0 Å². The summed E-state index contributed by atoms with van der Waals surface area (Å²) in [6.07, 6.45) is 1.47. The zero-order valence-corrected chi connectivity index (χ0v) is 13.7. The van der Waals surface area contributed by atoms with Crippen molar-refractivity contribution in [3.63, 3.8) is 0 Å². The van der Waals surface area contributed by atoms with Crippen LogP contribution in [-0.2, 0) is 9.59 Å². The molecule has 5 nitrogen and oxygen atoms in total. The molecular formula is C14H15BrClNO4. The van der Waals surface area contributed by atoms with Gasteiger partial charge in [-0.3, -0.25) is 9.59 Å². The Balaban J connectivity index is 2.12. The standard InChI is InChI=1S/C14H15BrClNO4/c1-21-12-10(15)5-9(16)6-11(12)17-13(18)7-2-3-8(4-7)14(19)20/h5-8H,2-4H2,1H3,(H,17,18)(H,19,20). The van der Waals surface area contributed by atoms with Crippen LogP contribution in [0.15, 0.2) is 16.6 Å². The number of benzene rings is 1. The molecular weight excluding hydrogens is 362 g/mol.